The van der Waals surface area contributed by atoms with Gasteiger partial charge in [0.2, 0.25) is 0 Å². The van der Waals surface area contributed by atoms with Crippen LogP contribution in [0.2, 0.25) is 0 Å². The molecule has 5 heteroatoms. The molecule has 0 atom stereocenters. The summed E-state index contributed by atoms with van der Waals surface area (Å²) in [5.41, 5.74) is 4.03. The maximum atomic E-state index is 4.34. The van der Waals surface area contributed by atoms with Crippen molar-refractivity contribution in [3.05, 3.63) is 57.3 Å². The molecule has 0 amide bonds. The highest BCUT2D eigenvalue weighted by atomic mass is 32.1. The van der Waals surface area contributed by atoms with E-state index in [1.54, 1.807) is 11.3 Å². The quantitative estimate of drug-likeness (QED) is 0.557. The lowest BCUT2D eigenvalue weighted by Crippen LogP contribution is -2.36. The molecule has 0 radical (unpaired) electrons. The Kier molecular flexibility index (Phi) is 7.95. The SMILES string of the molecule is CCN(CC)Cc1ccccc1CNC(=NC)NCc1sccc1C. The van der Waals surface area contributed by atoms with Gasteiger partial charge in [0.25, 0.3) is 0 Å². The van der Waals surface area contributed by atoms with Gasteiger partial charge in [0, 0.05) is 25.0 Å². The summed E-state index contributed by atoms with van der Waals surface area (Å²) in [6.07, 6.45) is 0. The van der Waals surface area contributed by atoms with E-state index in [0.717, 1.165) is 38.7 Å². The van der Waals surface area contributed by atoms with Gasteiger partial charge in [-0.05, 0) is 48.2 Å². The molecule has 0 saturated heterocycles. The van der Waals surface area contributed by atoms with Gasteiger partial charge in [-0.15, -0.1) is 11.3 Å². The summed E-state index contributed by atoms with van der Waals surface area (Å²) in [4.78, 5) is 8.13. The van der Waals surface area contributed by atoms with Crippen LogP contribution >= 0.6 is 11.3 Å². The van der Waals surface area contributed by atoms with Crippen molar-refractivity contribution in [2.45, 2.75) is 40.4 Å². The van der Waals surface area contributed by atoms with Gasteiger partial charge < -0.3 is 10.6 Å². The third kappa shape index (κ3) is 5.87. The number of benzene rings is 1. The van der Waals surface area contributed by atoms with E-state index >= 15 is 0 Å². The molecule has 136 valence electrons. The molecule has 4 nitrogen and oxygen atoms in total. The van der Waals surface area contributed by atoms with Crippen molar-refractivity contribution in [3.63, 3.8) is 0 Å². The van der Waals surface area contributed by atoms with E-state index in [-0.39, 0.29) is 0 Å². The average molecular weight is 359 g/mol. The summed E-state index contributed by atoms with van der Waals surface area (Å²) >= 11 is 1.78. The molecule has 0 aliphatic carbocycles. The zero-order valence-corrected chi connectivity index (χ0v) is 16.6. The Bertz CT molecular complexity index is 674. The smallest absolute Gasteiger partial charge is 0.191 e. The first-order chi connectivity index (χ1) is 12.2. The fourth-order valence-corrected chi connectivity index (χ4v) is 3.57. The highest BCUT2D eigenvalue weighted by Crippen LogP contribution is 2.15. The number of nitrogens with one attached hydrogen (secondary N) is 2. The number of aryl methyl sites for hydroxylation is 1. The lowest BCUT2D eigenvalue weighted by Gasteiger charge is -2.20. The van der Waals surface area contributed by atoms with E-state index in [4.69, 9.17) is 0 Å². The van der Waals surface area contributed by atoms with Crippen LogP contribution in [0.15, 0.2) is 40.7 Å². The highest BCUT2D eigenvalue weighted by molar-refractivity contribution is 7.10. The highest BCUT2D eigenvalue weighted by Gasteiger charge is 2.07. The Balaban J connectivity index is 1.94. The zero-order valence-electron chi connectivity index (χ0n) is 15.8. The second-order valence-corrected chi connectivity index (χ2v) is 7.04. The molecular formula is C20H30N4S. The maximum absolute atomic E-state index is 4.34. The number of hydrogen-bond acceptors (Lipinski definition) is 3. The normalized spacial score (nSPS) is 11.8. The molecule has 0 unspecified atom stereocenters. The summed E-state index contributed by atoms with van der Waals surface area (Å²) in [6, 6.07) is 10.8. The first-order valence-electron chi connectivity index (χ1n) is 8.94. The van der Waals surface area contributed by atoms with Crippen LogP contribution in [0.5, 0.6) is 0 Å². The van der Waals surface area contributed by atoms with Crippen LogP contribution in [-0.2, 0) is 19.6 Å². The third-order valence-corrected chi connectivity index (χ3v) is 5.48. The Labute approximate surface area is 156 Å². The number of rotatable bonds is 8. The number of nitrogens with zero attached hydrogens (tertiary/aromatic N) is 2. The Morgan fingerprint density at radius 1 is 1.04 bits per heavy atom. The summed E-state index contributed by atoms with van der Waals surface area (Å²) < 4.78 is 0. The van der Waals surface area contributed by atoms with Crippen molar-refractivity contribution >= 4 is 17.3 Å². The molecule has 1 aromatic heterocycles. The molecule has 0 saturated carbocycles. The Morgan fingerprint density at radius 3 is 2.32 bits per heavy atom. The molecule has 2 N–H and O–H groups in total. The van der Waals surface area contributed by atoms with Crippen molar-refractivity contribution in [2.75, 3.05) is 20.1 Å². The van der Waals surface area contributed by atoms with Gasteiger partial charge >= 0.3 is 0 Å². The van der Waals surface area contributed by atoms with Crippen molar-refractivity contribution < 1.29 is 0 Å². The first kappa shape index (κ1) is 19.5. The van der Waals surface area contributed by atoms with Crippen LogP contribution in [0.3, 0.4) is 0 Å². The summed E-state index contributed by atoms with van der Waals surface area (Å²) in [6.45, 7) is 11.3. The fourth-order valence-electron chi connectivity index (χ4n) is 2.72. The van der Waals surface area contributed by atoms with Crippen LogP contribution in [0.4, 0.5) is 0 Å². The molecule has 0 bridgehead atoms. The van der Waals surface area contributed by atoms with E-state index in [0.29, 0.717) is 0 Å². The van der Waals surface area contributed by atoms with Crippen LogP contribution < -0.4 is 10.6 Å². The second kappa shape index (κ2) is 10.2. The molecule has 1 heterocycles. The lowest BCUT2D eigenvalue weighted by molar-refractivity contribution is 0.295. The predicted molar refractivity (Wildman–Crippen MR) is 109 cm³/mol. The van der Waals surface area contributed by atoms with Crippen molar-refractivity contribution in [2.24, 2.45) is 4.99 Å². The number of aliphatic imine (C=N–C) groups is 1. The van der Waals surface area contributed by atoms with E-state index in [1.807, 2.05) is 7.05 Å². The Hall–Kier alpha value is -1.85. The fraction of sp³-hybridized carbons (Fsp3) is 0.450. The van der Waals surface area contributed by atoms with Gasteiger partial charge in [-0.2, -0.15) is 0 Å². The van der Waals surface area contributed by atoms with Crippen LogP contribution in [-0.4, -0.2) is 31.0 Å². The minimum atomic E-state index is 0.778. The van der Waals surface area contributed by atoms with Gasteiger partial charge in [-0.25, -0.2) is 0 Å². The average Bonchev–Trinajstić information content (AvgIpc) is 3.05. The standard InChI is InChI=1S/C20H30N4S/c1-5-24(6-2)15-18-10-8-7-9-17(18)13-22-20(21-4)23-14-19-16(3)11-12-25-19/h7-12H,5-6,13-15H2,1-4H3,(H2,21,22,23). The molecule has 25 heavy (non-hydrogen) atoms. The van der Waals surface area contributed by atoms with Crippen LogP contribution in [0, 0.1) is 6.92 Å². The predicted octanol–water partition coefficient (Wildman–Crippen LogP) is 3.76. The van der Waals surface area contributed by atoms with E-state index in [2.05, 4.69) is 77.0 Å². The van der Waals surface area contributed by atoms with Crippen molar-refractivity contribution in [1.82, 2.24) is 15.5 Å². The summed E-state index contributed by atoms with van der Waals surface area (Å²) in [5.74, 6) is 0.838. The van der Waals surface area contributed by atoms with E-state index < -0.39 is 0 Å². The molecule has 0 aliphatic rings. The molecule has 2 rings (SSSR count). The van der Waals surface area contributed by atoms with Gasteiger partial charge in [-0.3, -0.25) is 9.89 Å². The molecular weight excluding hydrogens is 328 g/mol. The maximum Gasteiger partial charge on any atom is 0.191 e. The lowest BCUT2D eigenvalue weighted by atomic mass is 10.1. The minimum absolute atomic E-state index is 0.778. The number of guanidine groups is 1. The minimum Gasteiger partial charge on any atom is -0.352 e. The summed E-state index contributed by atoms with van der Waals surface area (Å²) in [7, 11) is 1.82. The first-order valence-corrected chi connectivity index (χ1v) is 9.82. The molecule has 0 aliphatic heterocycles. The topological polar surface area (TPSA) is 39.7 Å². The van der Waals surface area contributed by atoms with Gasteiger partial charge in [0.05, 0.1) is 6.54 Å². The van der Waals surface area contributed by atoms with Gasteiger partial charge in [-0.1, -0.05) is 38.1 Å². The molecule has 2 aromatic rings. The zero-order chi connectivity index (χ0) is 18.1. The Morgan fingerprint density at radius 2 is 1.72 bits per heavy atom. The molecule has 0 fully saturated rings. The van der Waals surface area contributed by atoms with Gasteiger partial charge in [0.15, 0.2) is 5.96 Å². The monoisotopic (exact) mass is 358 g/mol. The molecule has 0 spiro atoms. The third-order valence-electron chi connectivity index (χ3n) is 4.46. The summed E-state index contributed by atoms with van der Waals surface area (Å²) in [5, 5.41) is 8.98. The van der Waals surface area contributed by atoms with Crippen LogP contribution in [0.25, 0.3) is 0 Å². The number of hydrogen-bond donors (Lipinski definition) is 2. The second-order valence-electron chi connectivity index (χ2n) is 6.04. The molecule has 1 aromatic carbocycles. The number of thiophene rings is 1. The van der Waals surface area contributed by atoms with Crippen molar-refractivity contribution in [1.29, 1.82) is 0 Å². The van der Waals surface area contributed by atoms with Crippen molar-refractivity contribution in [3.8, 4) is 0 Å². The van der Waals surface area contributed by atoms with E-state index in [9.17, 15) is 0 Å². The largest absolute Gasteiger partial charge is 0.352 e. The van der Waals surface area contributed by atoms with Gasteiger partial charge in [0.1, 0.15) is 0 Å². The van der Waals surface area contributed by atoms with Crippen LogP contribution in [0.1, 0.15) is 35.4 Å². The van der Waals surface area contributed by atoms with E-state index in [1.165, 1.54) is 21.6 Å².